The molecule has 0 spiro atoms. The highest BCUT2D eigenvalue weighted by Gasteiger charge is 2.07. The second-order valence-electron chi connectivity index (χ2n) is 4.92. The highest BCUT2D eigenvalue weighted by molar-refractivity contribution is 5.91. The molecule has 0 saturated heterocycles. The topological polar surface area (TPSA) is 76.0 Å². The number of hydrogen-bond donors (Lipinski definition) is 1. The Morgan fingerprint density at radius 3 is 2.39 bits per heavy atom. The Hall–Kier alpha value is -3.41. The van der Waals surface area contributed by atoms with E-state index in [2.05, 4.69) is 30.7 Å². The lowest BCUT2D eigenvalue weighted by Gasteiger charge is -2.04. The third-order valence-corrected chi connectivity index (χ3v) is 3.34. The van der Waals surface area contributed by atoms with Gasteiger partial charge in [-0.05, 0) is 17.7 Å². The summed E-state index contributed by atoms with van der Waals surface area (Å²) in [5, 5.41) is 12.2. The van der Waals surface area contributed by atoms with E-state index in [9.17, 15) is 0 Å². The van der Waals surface area contributed by atoms with Crippen LogP contribution in [0.25, 0.3) is 22.1 Å². The predicted octanol–water partition coefficient (Wildman–Crippen LogP) is 3.02. The van der Waals surface area contributed by atoms with E-state index in [4.69, 9.17) is 0 Å². The fourth-order valence-electron chi connectivity index (χ4n) is 2.25. The van der Waals surface area contributed by atoms with Gasteiger partial charge in [-0.25, -0.2) is 9.97 Å². The summed E-state index contributed by atoms with van der Waals surface area (Å²) in [6, 6.07) is 17.5. The van der Waals surface area contributed by atoms with Gasteiger partial charge in [-0.2, -0.15) is 10.2 Å². The molecule has 2 aromatic heterocycles. The van der Waals surface area contributed by atoms with E-state index in [1.54, 1.807) is 12.4 Å². The fraction of sp³-hybridized carbons (Fsp3) is 0. The minimum absolute atomic E-state index is 0.480. The highest BCUT2D eigenvalue weighted by atomic mass is 15.3. The average Bonchev–Trinajstić information content (AvgIpc) is 2.61. The third-order valence-electron chi connectivity index (χ3n) is 3.34. The van der Waals surface area contributed by atoms with Crippen LogP contribution in [0, 0.1) is 0 Å². The molecule has 4 aromatic rings. The van der Waals surface area contributed by atoms with Crippen molar-refractivity contribution in [2.24, 2.45) is 5.10 Å². The van der Waals surface area contributed by atoms with Crippen molar-refractivity contribution >= 4 is 34.1 Å². The van der Waals surface area contributed by atoms with Gasteiger partial charge in [0.25, 0.3) is 0 Å². The first-order valence-electron chi connectivity index (χ1n) is 7.12. The summed E-state index contributed by atoms with van der Waals surface area (Å²) in [5.41, 5.74) is 6.84. The number of nitrogens with one attached hydrogen (secondary N) is 1. The van der Waals surface area contributed by atoms with E-state index in [0.717, 1.165) is 16.6 Å². The van der Waals surface area contributed by atoms with E-state index in [-0.39, 0.29) is 0 Å². The number of hydrogen-bond acceptors (Lipinski definition) is 6. The Bertz CT molecular complexity index is 997. The van der Waals surface area contributed by atoms with Crippen molar-refractivity contribution in [2.45, 2.75) is 0 Å². The number of hydrazone groups is 1. The number of benzene rings is 2. The third kappa shape index (κ3) is 2.69. The van der Waals surface area contributed by atoms with Crippen LogP contribution >= 0.6 is 0 Å². The van der Waals surface area contributed by atoms with Crippen LogP contribution < -0.4 is 5.43 Å². The molecular weight excluding hydrogens is 288 g/mol. The van der Waals surface area contributed by atoms with Gasteiger partial charge in [0, 0.05) is 0 Å². The molecule has 0 aliphatic heterocycles. The van der Waals surface area contributed by atoms with Gasteiger partial charge in [-0.1, -0.05) is 42.5 Å². The number of fused-ring (bicyclic) bond motifs is 2. The van der Waals surface area contributed by atoms with Crippen LogP contribution in [0.5, 0.6) is 0 Å². The van der Waals surface area contributed by atoms with E-state index in [0.29, 0.717) is 16.9 Å². The zero-order valence-corrected chi connectivity index (χ0v) is 12.1. The Labute approximate surface area is 131 Å². The monoisotopic (exact) mass is 300 g/mol. The summed E-state index contributed by atoms with van der Waals surface area (Å²) in [7, 11) is 0. The fourth-order valence-corrected chi connectivity index (χ4v) is 2.25. The quantitative estimate of drug-likeness (QED) is 0.357. The zero-order chi connectivity index (χ0) is 15.5. The summed E-state index contributed by atoms with van der Waals surface area (Å²) in [5.74, 6) is 0.480. The second kappa shape index (κ2) is 5.76. The van der Waals surface area contributed by atoms with Crippen molar-refractivity contribution < 1.29 is 0 Å². The molecule has 0 radical (unpaired) electrons. The van der Waals surface area contributed by atoms with Gasteiger partial charge in [-0.3, -0.25) is 5.43 Å². The summed E-state index contributed by atoms with van der Waals surface area (Å²) < 4.78 is 0. The molecule has 0 amide bonds. The van der Waals surface area contributed by atoms with Crippen LogP contribution in [0.2, 0.25) is 0 Å². The predicted molar refractivity (Wildman–Crippen MR) is 90.3 cm³/mol. The van der Waals surface area contributed by atoms with Crippen LogP contribution in [0.4, 0.5) is 5.82 Å². The second-order valence-corrected chi connectivity index (χ2v) is 4.92. The number of para-hydroxylation sites is 2. The van der Waals surface area contributed by atoms with E-state index in [1.165, 1.54) is 0 Å². The lowest BCUT2D eigenvalue weighted by Crippen LogP contribution is -1.99. The molecule has 0 fully saturated rings. The van der Waals surface area contributed by atoms with Crippen molar-refractivity contribution in [1.29, 1.82) is 0 Å². The zero-order valence-electron chi connectivity index (χ0n) is 12.1. The molecule has 110 valence electrons. The molecule has 0 atom stereocenters. The molecule has 1 N–H and O–H groups in total. The number of rotatable bonds is 3. The van der Waals surface area contributed by atoms with E-state index < -0.39 is 0 Å². The molecule has 2 aromatic carbocycles. The maximum Gasteiger partial charge on any atom is 0.197 e. The van der Waals surface area contributed by atoms with Crippen LogP contribution in [0.1, 0.15) is 5.56 Å². The Kier molecular flexibility index (Phi) is 3.32. The van der Waals surface area contributed by atoms with Gasteiger partial charge in [0.2, 0.25) is 0 Å². The van der Waals surface area contributed by atoms with Crippen molar-refractivity contribution in [2.75, 3.05) is 5.43 Å². The molecule has 0 saturated carbocycles. The van der Waals surface area contributed by atoms with Gasteiger partial charge in [0.05, 0.1) is 23.4 Å². The highest BCUT2D eigenvalue weighted by Crippen LogP contribution is 2.19. The van der Waals surface area contributed by atoms with Crippen LogP contribution in [-0.2, 0) is 0 Å². The molecule has 0 aliphatic rings. The molecule has 4 rings (SSSR count). The maximum absolute atomic E-state index is 4.60. The molecule has 0 unspecified atom stereocenters. The van der Waals surface area contributed by atoms with Gasteiger partial charge in [0.1, 0.15) is 11.0 Å². The molecule has 23 heavy (non-hydrogen) atoms. The first-order valence-corrected chi connectivity index (χ1v) is 7.12. The van der Waals surface area contributed by atoms with Crippen LogP contribution in [-0.4, -0.2) is 26.4 Å². The normalized spacial score (nSPS) is 11.3. The summed E-state index contributed by atoms with van der Waals surface area (Å²) in [6.45, 7) is 0. The molecule has 2 heterocycles. The Morgan fingerprint density at radius 2 is 1.57 bits per heavy atom. The van der Waals surface area contributed by atoms with Gasteiger partial charge >= 0.3 is 0 Å². The Morgan fingerprint density at radius 1 is 0.826 bits per heavy atom. The van der Waals surface area contributed by atoms with Crippen molar-refractivity contribution in [1.82, 2.24) is 20.2 Å². The summed E-state index contributed by atoms with van der Waals surface area (Å²) in [6.07, 6.45) is 3.32. The molecule has 6 nitrogen and oxygen atoms in total. The SMILES string of the molecule is C(=N\Nc1nncc2nc3ccccc3nc12)/c1ccccc1. The minimum Gasteiger partial charge on any atom is -0.258 e. The van der Waals surface area contributed by atoms with E-state index >= 15 is 0 Å². The van der Waals surface area contributed by atoms with Gasteiger partial charge < -0.3 is 0 Å². The van der Waals surface area contributed by atoms with Crippen LogP contribution in [0.15, 0.2) is 65.9 Å². The van der Waals surface area contributed by atoms with E-state index in [1.807, 2.05) is 54.6 Å². The number of nitrogens with zero attached hydrogens (tertiary/aromatic N) is 5. The number of aromatic nitrogens is 4. The largest absolute Gasteiger partial charge is 0.258 e. The molecule has 0 aliphatic carbocycles. The molecule has 6 heteroatoms. The van der Waals surface area contributed by atoms with Gasteiger partial charge in [-0.15, -0.1) is 5.10 Å². The van der Waals surface area contributed by atoms with Crippen LogP contribution in [0.3, 0.4) is 0 Å². The summed E-state index contributed by atoms with van der Waals surface area (Å²) >= 11 is 0. The lowest BCUT2D eigenvalue weighted by atomic mass is 10.2. The number of anilines is 1. The molecule has 0 bridgehead atoms. The smallest absolute Gasteiger partial charge is 0.197 e. The summed E-state index contributed by atoms with van der Waals surface area (Å²) in [4.78, 5) is 9.15. The maximum atomic E-state index is 4.60. The van der Waals surface area contributed by atoms with Crippen molar-refractivity contribution in [3.63, 3.8) is 0 Å². The lowest BCUT2D eigenvalue weighted by molar-refractivity contribution is 1.03. The Balaban J connectivity index is 1.72. The first-order chi connectivity index (χ1) is 11.4. The average molecular weight is 300 g/mol. The van der Waals surface area contributed by atoms with Gasteiger partial charge in [0.15, 0.2) is 5.82 Å². The van der Waals surface area contributed by atoms with Crippen molar-refractivity contribution in [3.8, 4) is 0 Å². The van der Waals surface area contributed by atoms with Crippen molar-refractivity contribution in [3.05, 3.63) is 66.4 Å². The standard InChI is InChI=1S/C17H12N6/c1-2-6-12(7-3-1)10-18-22-17-16-15(11-19-23-17)20-13-8-4-5-9-14(13)21-16/h1-11H,(H,22,23)/b18-10+. The molecular formula is C17H12N6. The minimum atomic E-state index is 0.480. The first kappa shape index (κ1) is 13.3.